The molecule has 11 rings (SSSR count). The number of carbonyl (C=O) groups is 1. The molecule has 0 bridgehead atoms. The van der Waals surface area contributed by atoms with E-state index in [0.717, 1.165) is 129 Å². The number of hydrogen-bond acceptors (Lipinski definition) is 9. The van der Waals surface area contributed by atoms with Crippen LogP contribution in [0.15, 0.2) is 85.3 Å². The molecular formula is C54H61ClN10O2. The molecule has 0 N–H and O–H groups in total. The minimum Gasteiger partial charge on any atom is -0.381 e. The first-order valence-electron chi connectivity index (χ1n) is 24.6. The first-order valence-corrected chi connectivity index (χ1v) is 25.0. The third-order valence-corrected chi connectivity index (χ3v) is 16.3. The van der Waals surface area contributed by atoms with Crippen molar-refractivity contribution in [3.05, 3.63) is 107 Å². The van der Waals surface area contributed by atoms with Gasteiger partial charge in [-0.1, -0.05) is 29.8 Å². The predicted molar refractivity (Wildman–Crippen MR) is 266 cm³/mol. The van der Waals surface area contributed by atoms with Gasteiger partial charge in [0.1, 0.15) is 6.07 Å². The van der Waals surface area contributed by atoms with Crippen molar-refractivity contribution < 1.29 is 9.53 Å². The zero-order valence-corrected chi connectivity index (χ0v) is 39.7. The Morgan fingerprint density at radius 3 is 2.39 bits per heavy atom. The van der Waals surface area contributed by atoms with Crippen molar-refractivity contribution in [2.75, 3.05) is 67.2 Å². The highest BCUT2D eigenvalue weighted by atomic mass is 35.5. The monoisotopic (exact) mass is 916 g/mol. The predicted octanol–water partition coefficient (Wildman–Crippen LogP) is 9.94. The van der Waals surface area contributed by atoms with Gasteiger partial charge in [0.05, 0.1) is 34.2 Å². The summed E-state index contributed by atoms with van der Waals surface area (Å²) < 4.78 is 10.0. The van der Waals surface area contributed by atoms with E-state index in [4.69, 9.17) is 31.5 Å². The van der Waals surface area contributed by atoms with Crippen molar-refractivity contribution in [3.8, 4) is 28.6 Å². The van der Waals surface area contributed by atoms with Gasteiger partial charge < -0.3 is 24.3 Å². The number of nitrogens with zero attached hydrogens (tertiary/aromatic N) is 10. The highest BCUT2D eigenvalue weighted by molar-refractivity contribution is 6.32. The van der Waals surface area contributed by atoms with Crippen LogP contribution < -0.4 is 14.7 Å². The van der Waals surface area contributed by atoms with E-state index < -0.39 is 0 Å². The lowest BCUT2D eigenvalue weighted by Gasteiger charge is -2.40. The molecule has 6 aromatic rings. The fourth-order valence-corrected chi connectivity index (χ4v) is 12.2. The Morgan fingerprint density at radius 1 is 0.910 bits per heavy atom. The number of aryl methyl sites for hydroxylation is 1. The van der Waals surface area contributed by atoms with Gasteiger partial charge in [-0.2, -0.15) is 15.5 Å². The number of nitriles is 1. The van der Waals surface area contributed by atoms with Gasteiger partial charge in [0, 0.05) is 142 Å². The number of hydrogen-bond donors (Lipinski definition) is 0. The number of anilines is 3. The van der Waals surface area contributed by atoms with Gasteiger partial charge in [-0.05, 0) is 124 Å². The SMILES string of the molecule is CC(=O)N1CCc2c(c(-c3cccc4cc(-c5cnn(CCC6CCN(c7ccc(N8CCC9(CC8)C[C@H](C)N(c8ccc(C#N)c(Cl)c8)C9)cc7)CC6)c5)ncc34)nn2C2CCOCC2)C1. The van der Waals surface area contributed by atoms with Gasteiger partial charge >= 0.3 is 0 Å². The zero-order valence-electron chi connectivity index (χ0n) is 38.9. The number of piperidine rings is 2. The van der Waals surface area contributed by atoms with Crippen LogP contribution in [0.4, 0.5) is 17.1 Å². The van der Waals surface area contributed by atoms with Crippen LogP contribution in [-0.2, 0) is 29.0 Å². The average Bonchev–Trinajstić information content (AvgIpc) is 4.09. The molecule has 13 heteroatoms. The quantitative estimate of drug-likeness (QED) is 0.140. The molecule has 0 radical (unpaired) electrons. The zero-order chi connectivity index (χ0) is 45.6. The van der Waals surface area contributed by atoms with Crippen LogP contribution in [0.1, 0.15) is 88.1 Å². The smallest absolute Gasteiger partial charge is 0.219 e. The van der Waals surface area contributed by atoms with E-state index in [1.165, 1.54) is 49.2 Å². The summed E-state index contributed by atoms with van der Waals surface area (Å²) in [5.41, 5.74) is 11.0. The van der Waals surface area contributed by atoms with E-state index in [0.29, 0.717) is 40.5 Å². The molecular weight excluding hydrogens is 856 g/mol. The van der Waals surface area contributed by atoms with Gasteiger partial charge in [-0.25, -0.2) is 0 Å². The second-order valence-corrected chi connectivity index (χ2v) is 20.4. The van der Waals surface area contributed by atoms with Crippen LogP contribution in [-0.4, -0.2) is 93.9 Å². The van der Waals surface area contributed by atoms with Gasteiger partial charge in [0.15, 0.2) is 0 Å². The normalized spacial score (nSPS) is 20.2. The second-order valence-electron chi connectivity index (χ2n) is 20.0. The van der Waals surface area contributed by atoms with Crippen LogP contribution in [0.5, 0.6) is 0 Å². The summed E-state index contributed by atoms with van der Waals surface area (Å²) in [6, 6.07) is 26.8. The summed E-state index contributed by atoms with van der Waals surface area (Å²) in [4.78, 5) is 27.1. The number of aromatic nitrogens is 5. The van der Waals surface area contributed by atoms with E-state index in [-0.39, 0.29) is 5.91 Å². The molecule has 12 nitrogen and oxygen atoms in total. The molecule has 4 fully saturated rings. The molecule has 1 atom stereocenters. The van der Waals surface area contributed by atoms with Gasteiger partial charge in [-0.15, -0.1) is 0 Å². The molecule has 0 aliphatic carbocycles. The minimum atomic E-state index is 0.104. The molecule has 3 aromatic carbocycles. The van der Waals surface area contributed by atoms with E-state index >= 15 is 0 Å². The maximum atomic E-state index is 12.5. The Labute approximate surface area is 399 Å². The largest absolute Gasteiger partial charge is 0.381 e. The molecule has 1 spiro atoms. The summed E-state index contributed by atoms with van der Waals surface area (Å²) in [5.74, 6) is 0.778. The van der Waals surface area contributed by atoms with E-state index in [2.05, 4.69) is 97.9 Å². The van der Waals surface area contributed by atoms with Crippen molar-refractivity contribution in [3.63, 3.8) is 0 Å². The molecule has 67 heavy (non-hydrogen) atoms. The molecule has 3 aromatic heterocycles. The Balaban J connectivity index is 0.681. The third kappa shape index (κ3) is 8.66. The van der Waals surface area contributed by atoms with Crippen molar-refractivity contribution in [2.45, 2.75) is 96.8 Å². The molecule has 346 valence electrons. The first-order chi connectivity index (χ1) is 32.7. The average molecular weight is 918 g/mol. The molecule has 4 saturated heterocycles. The number of benzene rings is 3. The highest BCUT2D eigenvalue weighted by Crippen LogP contribution is 2.46. The van der Waals surface area contributed by atoms with Crippen LogP contribution >= 0.6 is 11.6 Å². The van der Waals surface area contributed by atoms with Gasteiger partial charge in [-0.3, -0.25) is 19.1 Å². The Bertz CT molecular complexity index is 2810. The second kappa shape index (κ2) is 18.3. The number of amides is 1. The number of rotatable bonds is 9. The fraction of sp³-hybridized carbons (Fsp3) is 0.463. The van der Waals surface area contributed by atoms with E-state index in [9.17, 15) is 10.1 Å². The molecule has 5 aliphatic heterocycles. The summed E-state index contributed by atoms with van der Waals surface area (Å²) >= 11 is 6.42. The Morgan fingerprint density at radius 2 is 1.66 bits per heavy atom. The lowest BCUT2D eigenvalue weighted by molar-refractivity contribution is -0.129. The summed E-state index contributed by atoms with van der Waals surface area (Å²) in [6.45, 7) is 13.1. The number of carbonyl (C=O) groups excluding carboxylic acids is 1. The van der Waals surface area contributed by atoms with Crippen LogP contribution in [0, 0.1) is 22.7 Å². The lowest BCUT2D eigenvalue weighted by Crippen LogP contribution is -2.41. The number of fused-ring (bicyclic) bond motifs is 2. The standard InChI is InChI=1S/C54H61ClN10O2/c1-37-30-54(36-64(37)46-7-6-41(31-56)50(55)29-46)18-24-61(25-19-54)44-10-8-43(9-11-44)60-20-12-39(13-21-60)14-23-63-34-42(32-58-63)51-28-40-4-3-5-47(48(40)33-57-51)53-49-35-62(38(2)66)22-15-52(49)65(59-53)45-16-26-67-27-17-45/h3-11,28-29,32-34,37,39,45H,12-27,30,35-36H2,1-2H3/t37-/m0/s1. The molecule has 8 heterocycles. The summed E-state index contributed by atoms with van der Waals surface area (Å²) in [6.07, 6.45) is 15.9. The minimum absolute atomic E-state index is 0.104. The van der Waals surface area contributed by atoms with Crippen molar-refractivity contribution in [1.29, 1.82) is 5.26 Å². The van der Waals surface area contributed by atoms with E-state index in [1.807, 2.05) is 29.4 Å². The first kappa shape index (κ1) is 43.7. The van der Waals surface area contributed by atoms with Crippen molar-refractivity contribution in [2.24, 2.45) is 11.3 Å². The highest BCUT2D eigenvalue weighted by Gasteiger charge is 2.44. The number of halogens is 1. The number of pyridine rings is 1. The molecule has 0 unspecified atom stereocenters. The maximum Gasteiger partial charge on any atom is 0.219 e. The van der Waals surface area contributed by atoms with Crippen molar-refractivity contribution in [1.82, 2.24) is 29.4 Å². The third-order valence-electron chi connectivity index (χ3n) is 16.0. The Hall–Kier alpha value is -5.90. The maximum absolute atomic E-state index is 12.5. The molecule has 1 amide bonds. The van der Waals surface area contributed by atoms with Gasteiger partial charge in [0.2, 0.25) is 5.91 Å². The van der Waals surface area contributed by atoms with E-state index in [1.54, 1.807) is 6.92 Å². The molecule has 0 saturated carbocycles. The van der Waals surface area contributed by atoms with Crippen LogP contribution in [0.25, 0.3) is 33.3 Å². The summed E-state index contributed by atoms with van der Waals surface area (Å²) in [5, 5.41) is 22.1. The van der Waals surface area contributed by atoms with Crippen molar-refractivity contribution >= 4 is 45.3 Å². The lowest BCUT2D eigenvalue weighted by atomic mass is 9.76. The topological polar surface area (TPSA) is 112 Å². The summed E-state index contributed by atoms with van der Waals surface area (Å²) in [7, 11) is 0. The Kier molecular flexibility index (Phi) is 11.9. The fourth-order valence-electron chi connectivity index (χ4n) is 12.0. The van der Waals surface area contributed by atoms with Gasteiger partial charge in [0.25, 0.3) is 0 Å². The number of ether oxygens (including phenoxy) is 1. The molecule has 5 aliphatic rings. The van der Waals surface area contributed by atoms with Crippen LogP contribution in [0.3, 0.4) is 0 Å². The van der Waals surface area contributed by atoms with Crippen LogP contribution in [0.2, 0.25) is 5.02 Å².